The van der Waals surface area contributed by atoms with Gasteiger partial charge in [0.25, 0.3) is 0 Å². The quantitative estimate of drug-likeness (QED) is 0.698. The van der Waals surface area contributed by atoms with Crippen LogP contribution in [0, 0.1) is 5.92 Å². The number of hydrogen-bond donors (Lipinski definition) is 1. The first-order valence-corrected chi connectivity index (χ1v) is 5.66. The van der Waals surface area contributed by atoms with Crippen LogP contribution in [0.15, 0.2) is 0 Å². The Kier molecular flexibility index (Phi) is 5.37. The third kappa shape index (κ3) is 4.08. The first-order valence-electron chi connectivity index (χ1n) is 5.66. The molecule has 1 rings (SSSR count). The van der Waals surface area contributed by atoms with Gasteiger partial charge >= 0.3 is 0 Å². The fraction of sp³-hybridized carbons (Fsp3) is 1.00. The third-order valence-electron chi connectivity index (χ3n) is 3.07. The van der Waals surface area contributed by atoms with E-state index in [0.29, 0.717) is 12.6 Å². The first-order chi connectivity index (χ1) is 6.36. The molecule has 0 aromatic rings. The van der Waals surface area contributed by atoms with Gasteiger partial charge in [-0.3, -0.25) is 0 Å². The smallest absolute Gasteiger partial charge is 0.102 e. The minimum atomic E-state index is -0.227. The molecule has 0 spiro atoms. The van der Waals surface area contributed by atoms with Crippen molar-refractivity contribution >= 4 is 0 Å². The van der Waals surface area contributed by atoms with Gasteiger partial charge in [-0.1, -0.05) is 19.8 Å². The van der Waals surface area contributed by atoms with Gasteiger partial charge in [-0.15, -0.1) is 0 Å². The molecule has 0 radical (unpaired) electrons. The molecule has 13 heavy (non-hydrogen) atoms. The molecule has 1 aliphatic rings. The van der Waals surface area contributed by atoms with E-state index in [-0.39, 0.29) is 6.67 Å². The van der Waals surface area contributed by atoms with Crippen molar-refractivity contribution in [1.82, 2.24) is 5.32 Å². The van der Waals surface area contributed by atoms with Gasteiger partial charge in [-0.05, 0) is 31.6 Å². The van der Waals surface area contributed by atoms with Gasteiger partial charge in [-0.2, -0.15) is 0 Å². The van der Waals surface area contributed by atoms with Crippen molar-refractivity contribution in [2.24, 2.45) is 5.92 Å². The van der Waals surface area contributed by atoms with Gasteiger partial charge in [0.05, 0.1) is 0 Å². The highest BCUT2D eigenvalue weighted by atomic mass is 19.1. The Bertz CT molecular complexity index is 119. The lowest BCUT2D eigenvalue weighted by Gasteiger charge is -2.28. The van der Waals surface area contributed by atoms with Crippen LogP contribution in [0.5, 0.6) is 0 Å². The zero-order valence-corrected chi connectivity index (χ0v) is 8.69. The Morgan fingerprint density at radius 1 is 1.23 bits per heavy atom. The number of nitrogens with one attached hydrogen (secondary N) is 1. The summed E-state index contributed by atoms with van der Waals surface area (Å²) in [7, 11) is 0. The summed E-state index contributed by atoms with van der Waals surface area (Å²) in [6.07, 6.45) is 7.90. The second kappa shape index (κ2) is 6.36. The summed E-state index contributed by atoms with van der Waals surface area (Å²) in [4.78, 5) is 0. The van der Waals surface area contributed by atoms with E-state index < -0.39 is 0 Å². The van der Waals surface area contributed by atoms with E-state index in [9.17, 15) is 4.39 Å². The SMILES string of the molecule is CCCC1CCC(NCCF)CC1. The first kappa shape index (κ1) is 11.0. The van der Waals surface area contributed by atoms with E-state index in [1.807, 2.05) is 0 Å². The van der Waals surface area contributed by atoms with Crippen molar-refractivity contribution in [3.63, 3.8) is 0 Å². The molecular formula is C11H22FN. The van der Waals surface area contributed by atoms with Gasteiger partial charge in [-0.25, -0.2) is 4.39 Å². The molecule has 0 unspecified atom stereocenters. The van der Waals surface area contributed by atoms with Gasteiger partial charge in [0, 0.05) is 12.6 Å². The van der Waals surface area contributed by atoms with Crippen LogP contribution >= 0.6 is 0 Å². The normalized spacial score (nSPS) is 29.1. The number of hydrogen-bond acceptors (Lipinski definition) is 1. The second-order valence-corrected chi connectivity index (χ2v) is 4.15. The van der Waals surface area contributed by atoms with Crippen molar-refractivity contribution in [2.75, 3.05) is 13.2 Å². The molecule has 0 aliphatic heterocycles. The summed E-state index contributed by atoms with van der Waals surface area (Å²) in [6.45, 7) is 2.57. The Balaban J connectivity index is 2.08. The van der Waals surface area contributed by atoms with E-state index in [2.05, 4.69) is 12.2 Å². The minimum absolute atomic E-state index is 0.227. The summed E-state index contributed by atoms with van der Waals surface area (Å²) < 4.78 is 11.9. The van der Waals surface area contributed by atoms with Gasteiger partial charge in [0.15, 0.2) is 0 Å². The highest BCUT2D eigenvalue weighted by molar-refractivity contribution is 4.76. The highest BCUT2D eigenvalue weighted by Gasteiger charge is 2.19. The predicted octanol–water partition coefficient (Wildman–Crippen LogP) is 2.90. The van der Waals surface area contributed by atoms with E-state index in [4.69, 9.17) is 0 Å². The Labute approximate surface area is 81.1 Å². The van der Waals surface area contributed by atoms with Crippen LogP contribution in [0.1, 0.15) is 45.4 Å². The molecule has 1 fully saturated rings. The molecule has 1 saturated carbocycles. The van der Waals surface area contributed by atoms with E-state index in [1.165, 1.54) is 38.5 Å². The predicted molar refractivity (Wildman–Crippen MR) is 54.6 cm³/mol. The largest absolute Gasteiger partial charge is 0.311 e. The maximum absolute atomic E-state index is 11.9. The number of rotatable bonds is 5. The molecule has 78 valence electrons. The minimum Gasteiger partial charge on any atom is -0.311 e. The van der Waals surface area contributed by atoms with Crippen molar-refractivity contribution in [3.05, 3.63) is 0 Å². The van der Waals surface area contributed by atoms with Crippen LogP contribution in [0.4, 0.5) is 4.39 Å². The lowest BCUT2D eigenvalue weighted by molar-refractivity contribution is 0.273. The zero-order chi connectivity index (χ0) is 9.52. The fourth-order valence-electron chi connectivity index (χ4n) is 2.32. The van der Waals surface area contributed by atoms with Gasteiger partial charge in [0.1, 0.15) is 6.67 Å². The Morgan fingerprint density at radius 3 is 2.46 bits per heavy atom. The molecular weight excluding hydrogens is 165 g/mol. The van der Waals surface area contributed by atoms with Crippen molar-refractivity contribution in [1.29, 1.82) is 0 Å². The van der Waals surface area contributed by atoms with Crippen LogP contribution in [-0.4, -0.2) is 19.3 Å². The summed E-state index contributed by atoms with van der Waals surface area (Å²) in [5.74, 6) is 0.952. The molecule has 0 heterocycles. The molecule has 2 heteroatoms. The Hall–Kier alpha value is -0.110. The summed E-state index contributed by atoms with van der Waals surface area (Å²) in [5, 5.41) is 3.26. The summed E-state index contributed by atoms with van der Waals surface area (Å²) in [5.41, 5.74) is 0. The number of alkyl halides is 1. The monoisotopic (exact) mass is 187 g/mol. The molecule has 0 atom stereocenters. The summed E-state index contributed by atoms with van der Waals surface area (Å²) >= 11 is 0. The molecule has 1 aliphatic carbocycles. The Morgan fingerprint density at radius 2 is 1.92 bits per heavy atom. The van der Waals surface area contributed by atoms with Crippen molar-refractivity contribution in [3.8, 4) is 0 Å². The fourth-order valence-corrected chi connectivity index (χ4v) is 2.32. The van der Waals surface area contributed by atoms with E-state index in [0.717, 1.165) is 5.92 Å². The number of halogens is 1. The average Bonchev–Trinajstić information content (AvgIpc) is 2.17. The van der Waals surface area contributed by atoms with Gasteiger partial charge in [0.2, 0.25) is 0 Å². The highest BCUT2D eigenvalue weighted by Crippen LogP contribution is 2.27. The molecule has 0 aromatic carbocycles. The molecule has 1 nitrogen and oxygen atoms in total. The van der Waals surface area contributed by atoms with Crippen molar-refractivity contribution in [2.45, 2.75) is 51.5 Å². The summed E-state index contributed by atoms with van der Waals surface area (Å²) in [6, 6.07) is 0.601. The van der Waals surface area contributed by atoms with E-state index in [1.54, 1.807) is 0 Å². The average molecular weight is 187 g/mol. The molecule has 1 N–H and O–H groups in total. The molecule has 0 aromatic heterocycles. The van der Waals surface area contributed by atoms with Crippen LogP contribution < -0.4 is 5.32 Å². The van der Waals surface area contributed by atoms with Gasteiger partial charge < -0.3 is 5.32 Å². The van der Waals surface area contributed by atoms with Crippen LogP contribution in [-0.2, 0) is 0 Å². The van der Waals surface area contributed by atoms with Crippen LogP contribution in [0.2, 0.25) is 0 Å². The molecule has 0 amide bonds. The second-order valence-electron chi connectivity index (χ2n) is 4.15. The molecule has 0 saturated heterocycles. The lowest BCUT2D eigenvalue weighted by Crippen LogP contribution is -2.34. The third-order valence-corrected chi connectivity index (χ3v) is 3.07. The van der Waals surface area contributed by atoms with E-state index >= 15 is 0 Å². The van der Waals surface area contributed by atoms with Crippen LogP contribution in [0.3, 0.4) is 0 Å². The zero-order valence-electron chi connectivity index (χ0n) is 8.69. The van der Waals surface area contributed by atoms with Crippen molar-refractivity contribution < 1.29 is 4.39 Å². The van der Waals surface area contributed by atoms with Crippen LogP contribution in [0.25, 0.3) is 0 Å². The maximum Gasteiger partial charge on any atom is 0.102 e. The standard InChI is InChI=1S/C11H22FN/c1-2-3-10-4-6-11(7-5-10)13-9-8-12/h10-11,13H,2-9H2,1H3. The lowest BCUT2D eigenvalue weighted by atomic mass is 9.83. The maximum atomic E-state index is 11.9. The molecule has 0 bridgehead atoms. The topological polar surface area (TPSA) is 12.0 Å².